The summed E-state index contributed by atoms with van der Waals surface area (Å²) in [5.74, 6) is 0. The van der Waals surface area contributed by atoms with E-state index in [2.05, 4.69) is 0 Å². The summed E-state index contributed by atoms with van der Waals surface area (Å²) in [6.07, 6.45) is -0.560. The topological polar surface area (TPSA) is 101 Å². The van der Waals surface area contributed by atoms with Crippen LogP contribution in [0, 0.1) is 0 Å². The molecule has 0 saturated carbocycles. The Bertz CT molecular complexity index is 257. The standard InChI is InChI=1S/C6H8O3P.C3H8O2/c7-10(8,9)6-4-2-1-3-5-6;1-3(5)2-4/h1-5,7-9H;3-5H,2H2,1H3/q+1;. The molecule has 0 saturated heterocycles. The van der Waals surface area contributed by atoms with Crippen molar-refractivity contribution in [1.82, 2.24) is 0 Å². The van der Waals surface area contributed by atoms with Gasteiger partial charge in [-0.1, -0.05) is 18.2 Å². The number of aliphatic hydroxyl groups excluding tert-OH is 2. The number of hydrogen-bond donors (Lipinski definition) is 5. The number of benzene rings is 1. The van der Waals surface area contributed by atoms with Crippen molar-refractivity contribution < 1.29 is 24.9 Å². The summed E-state index contributed by atoms with van der Waals surface area (Å²) in [4.78, 5) is 26.1. The summed E-state index contributed by atoms with van der Waals surface area (Å²) in [6, 6.07) is 7.93. The smallest absolute Gasteiger partial charge is 0.394 e. The van der Waals surface area contributed by atoms with Crippen molar-refractivity contribution in [3.63, 3.8) is 0 Å². The van der Waals surface area contributed by atoms with E-state index in [9.17, 15) is 0 Å². The Morgan fingerprint density at radius 1 is 1.13 bits per heavy atom. The van der Waals surface area contributed by atoms with Gasteiger partial charge in [0.25, 0.3) is 0 Å². The van der Waals surface area contributed by atoms with Gasteiger partial charge in [0.2, 0.25) is 0 Å². The molecule has 1 aromatic rings. The molecule has 5 N–H and O–H groups in total. The van der Waals surface area contributed by atoms with E-state index in [0.29, 0.717) is 0 Å². The molecule has 5 nitrogen and oxygen atoms in total. The molecule has 0 aromatic heterocycles. The molecule has 1 unspecified atom stereocenters. The third-order valence-corrected chi connectivity index (χ3v) is 2.36. The molecule has 15 heavy (non-hydrogen) atoms. The second-order valence-corrected chi connectivity index (χ2v) is 4.59. The Kier molecular flexibility index (Phi) is 6.60. The molecule has 0 aliphatic carbocycles. The van der Waals surface area contributed by atoms with Gasteiger partial charge >= 0.3 is 7.94 Å². The van der Waals surface area contributed by atoms with Gasteiger partial charge in [-0.3, -0.25) is 0 Å². The van der Waals surface area contributed by atoms with E-state index in [-0.39, 0.29) is 11.9 Å². The lowest BCUT2D eigenvalue weighted by molar-refractivity contribution is 0.110. The second-order valence-electron chi connectivity index (χ2n) is 2.94. The average molecular weight is 235 g/mol. The summed E-state index contributed by atoms with van der Waals surface area (Å²) in [5.41, 5.74) is 0. The van der Waals surface area contributed by atoms with Crippen LogP contribution in [0.4, 0.5) is 0 Å². The normalized spacial score (nSPS) is 12.7. The lowest BCUT2D eigenvalue weighted by Crippen LogP contribution is -2.07. The SMILES string of the molecule is CC(O)CO.O[P+](O)(O)c1ccccc1. The van der Waals surface area contributed by atoms with Gasteiger partial charge in [-0.05, 0) is 19.1 Å². The van der Waals surface area contributed by atoms with Gasteiger partial charge in [0, 0.05) is 0 Å². The highest BCUT2D eigenvalue weighted by molar-refractivity contribution is 7.66. The third kappa shape index (κ3) is 7.39. The van der Waals surface area contributed by atoms with Crippen LogP contribution in [-0.2, 0) is 0 Å². The van der Waals surface area contributed by atoms with Crippen molar-refractivity contribution in [2.45, 2.75) is 13.0 Å². The van der Waals surface area contributed by atoms with Crippen molar-refractivity contribution in [3.8, 4) is 0 Å². The lowest BCUT2D eigenvalue weighted by Gasteiger charge is -2.00. The van der Waals surface area contributed by atoms with Crippen molar-refractivity contribution in [2.24, 2.45) is 0 Å². The second kappa shape index (κ2) is 6.85. The Labute approximate surface area is 88.8 Å². The van der Waals surface area contributed by atoms with Crippen LogP contribution in [0.3, 0.4) is 0 Å². The van der Waals surface area contributed by atoms with Gasteiger partial charge in [-0.25, -0.2) is 0 Å². The van der Waals surface area contributed by atoms with Crippen LogP contribution in [0.1, 0.15) is 6.92 Å². The van der Waals surface area contributed by atoms with E-state index in [0.717, 1.165) is 0 Å². The molecule has 0 radical (unpaired) electrons. The van der Waals surface area contributed by atoms with Gasteiger partial charge in [0.05, 0.1) is 12.7 Å². The highest BCUT2D eigenvalue weighted by atomic mass is 31.2. The van der Waals surface area contributed by atoms with Gasteiger partial charge in [0.1, 0.15) is 0 Å². The zero-order chi connectivity index (χ0) is 11.9. The summed E-state index contributed by atoms with van der Waals surface area (Å²) in [7, 11) is -3.77. The predicted molar refractivity (Wildman–Crippen MR) is 58.4 cm³/mol. The van der Waals surface area contributed by atoms with Crippen molar-refractivity contribution in [3.05, 3.63) is 30.3 Å². The van der Waals surface area contributed by atoms with E-state index < -0.39 is 14.0 Å². The third-order valence-electron chi connectivity index (χ3n) is 1.37. The van der Waals surface area contributed by atoms with Gasteiger partial charge in [-0.2, -0.15) is 14.7 Å². The molecular formula is C9H16O5P+. The van der Waals surface area contributed by atoms with Crippen molar-refractivity contribution >= 4 is 13.2 Å². The molecular weight excluding hydrogens is 219 g/mol. The maximum atomic E-state index is 8.71. The Balaban J connectivity index is 0.000000336. The number of aliphatic hydroxyl groups is 2. The molecule has 0 amide bonds. The van der Waals surface area contributed by atoms with Gasteiger partial charge in [-0.15, -0.1) is 0 Å². The highest BCUT2D eigenvalue weighted by Crippen LogP contribution is 2.42. The molecule has 0 spiro atoms. The maximum Gasteiger partial charge on any atom is 0.440 e. The monoisotopic (exact) mass is 235 g/mol. The first-order valence-electron chi connectivity index (χ1n) is 4.29. The quantitative estimate of drug-likeness (QED) is 0.441. The van der Waals surface area contributed by atoms with Crippen LogP contribution in [0.5, 0.6) is 0 Å². The molecule has 6 heteroatoms. The molecule has 0 fully saturated rings. The minimum absolute atomic E-state index is 0.139. The van der Waals surface area contributed by atoms with Crippen LogP contribution in [-0.4, -0.2) is 37.6 Å². The summed E-state index contributed by atoms with van der Waals surface area (Å²) in [6.45, 7) is 1.39. The fourth-order valence-corrected chi connectivity index (χ4v) is 1.20. The molecule has 1 rings (SSSR count). The molecule has 0 aliphatic heterocycles. The Morgan fingerprint density at radius 3 is 1.73 bits per heavy atom. The largest absolute Gasteiger partial charge is 0.440 e. The fourth-order valence-electron chi connectivity index (χ4n) is 0.628. The Hall–Kier alpha value is -0.550. The van der Waals surface area contributed by atoms with Crippen LogP contribution in [0.15, 0.2) is 30.3 Å². The molecule has 0 aliphatic rings. The predicted octanol–water partition coefficient (Wildman–Crippen LogP) is -0.589. The lowest BCUT2D eigenvalue weighted by atomic mass is 10.4. The molecule has 1 aromatic carbocycles. The van der Waals surface area contributed by atoms with E-state index in [4.69, 9.17) is 24.9 Å². The molecule has 0 heterocycles. The molecule has 86 valence electrons. The Morgan fingerprint density at radius 2 is 1.53 bits per heavy atom. The minimum Gasteiger partial charge on any atom is -0.394 e. The summed E-state index contributed by atoms with van der Waals surface area (Å²) in [5, 5.41) is 16.2. The minimum atomic E-state index is -3.77. The first kappa shape index (κ1) is 14.5. The first-order chi connectivity index (χ1) is 6.88. The highest BCUT2D eigenvalue weighted by Gasteiger charge is 2.32. The van der Waals surface area contributed by atoms with E-state index in [1.165, 1.54) is 19.1 Å². The van der Waals surface area contributed by atoms with Crippen LogP contribution >= 0.6 is 7.94 Å². The average Bonchev–Trinajstić information content (AvgIpc) is 2.19. The van der Waals surface area contributed by atoms with Gasteiger partial charge < -0.3 is 10.2 Å². The number of rotatable bonds is 2. The zero-order valence-corrected chi connectivity index (χ0v) is 9.25. The van der Waals surface area contributed by atoms with E-state index in [1.807, 2.05) is 0 Å². The van der Waals surface area contributed by atoms with E-state index in [1.54, 1.807) is 18.2 Å². The van der Waals surface area contributed by atoms with Gasteiger partial charge in [0.15, 0.2) is 5.30 Å². The maximum absolute atomic E-state index is 8.71. The molecule has 1 atom stereocenters. The molecule has 0 bridgehead atoms. The van der Waals surface area contributed by atoms with Crippen molar-refractivity contribution in [2.75, 3.05) is 6.61 Å². The summed E-state index contributed by atoms with van der Waals surface area (Å²) >= 11 is 0. The number of hydrogen-bond acceptors (Lipinski definition) is 5. The van der Waals surface area contributed by atoms with Crippen molar-refractivity contribution in [1.29, 1.82) is 0 Å². The zero-order valence-electron chi connectivity index (χ0n) is 8.35. The van der Waals surface area contributed by atoms with Crippen LogP contribution < -0.4 is 5.30 Å². The van der Waals surface area contributed by atoms with Crippen LogP contribution in [0.2, 0.25) is 0 Å². The fraction of sp³-hybridized carbons (Fsp3) is 0.333. The van der Waals surface area contributed by atoms with Crippen LogP contribution in [0.25, 0.3) is 0 Å². The van der Waals surface area contributed by atoms with E-state index >= 15 is 0 Å². The summed E-state index contributed by atoms with van der Waals surface area (Å²) < 4.78 is 0. The first-order valence-corrected chi connectivity index (χ1v) is 5.94.